The number of nitrogens with one attached hydrogen (secondary N) is 2. The van der Waals surface area contributed by atoms with Gasteiger partial charge < -0.3 is 24.8 Å². The molecule has 2 aliphatic rings. The van der Waals surface area contributed by atoms with Crippen LogP contribution in [-0.2, 0) is 16.0 Å². The number of benzene rings is 2. The van der Waals surface area contributed by atoms with Crippen LogP contribution in [0.1, 0.15) is 24.1 Å². The molecule has 4 rings (SSSR count). The Labute approximate surface area is 162 Å². The summed E-state index contributed by atoms with van der Waals surface area (Å²) in [5.41, 5.74) is 2.64. The molecule has 0 aliphatic carbocycles. The lowest BCUT2D eigenvalue weighted by atomic mass is 9.95. The third kappa shape index (κ3) is 3.64. The standard InChI is InChI=1S/C21H20N2O5/c1-13-18(20(24)26-10-9-14-5-3-2-4-6-14)19(23-21(25)22-13)15-7-8-16-17(11-15)28-12-27-16/h2-8,11,19H,9-10,12H2,1H3,(H2,22,23,25)/t19-/m1/s1. The van der Waals surface area contributed by atoms with Gasteiger partial charge in [0.05, 0.1) is 18.2 Å². The molecule has 2 aromatic rings. The lowest BCUT2D eigenvalue weighted by Crippen LogP contribution is -2.45. The van der Waals surface area contributed by atoms with E-state index in [1.807, 2.05) is 30.3 Å². The van der Waals surface area contributed by atoms with E-state index in [-0.39, 0.29) is 19.4 Å². The molecule has 0 spiro atoms. The zero-order valence-corrected chi connectivity index (χ0v) is 15.4. The molecule has 0 fully saturated rings. The number of carbonyl (C=O) groups excluding carboxylic acids is 2. The Morgan fingerprint density at radius 3 is 2.75 bits per heavy atom. The van der Waals surface area contributed by atoms with Gasteiger partial charge in [0.1, 0.15) is 0 Å². The van der Waals surface area contributed by atoms with Crippen molar-refractivity contribution in [2.75, 3.05) is 13.4 Å². The van der Waals surface area contributed by atoms with E-state index in [4.69, 9.17) is 14.2 Å². The fourth-order valence-electron chi connectivity index (χ4n) is 3.29. The van der Waals surface area contributed by atoms with Crippen molar-refractivity contribution in [1.82, 2.24) is 10.6 Å². The lowest BCUT2D eigenvalue weighted by molar-refractivity contribution is -0.139. The Morgan fingerprint density at radius 1 is 1.14 bits per heavy atom. The average molecular weight is 380 g/mol. The molecule has 1 atom stereocenters. The number of urea groups is 1. The van der Waals surface area contributed by atoms with Gasteiger partial charge in [-0.1, -0.05) is 36.4 Å². The van der Waals surface area contributed by atoms with Crippen molar-refractivity contribution in [3.63, 3.8) is 0 Å². The van der Waals surface area contributed by atoms with Crippen LogP contribution in [0.4, 0.5) is 4.79 Å². The van der Waals surface area contributed by atoms with Gasteiger partial charge in [-0.3, -0.25) is 0 Å². The number of fused-ring (bicyclic) bond motifs is 1. The Balaban J connectivity index is 1.53. The highest BCUT2D eigenvalue weighted by Gasteiger charge is 2.33. The van der Waals surface area contributed by atoms with Crippen molar-refractivity contribution in [1.29, 1.82) is 0 Å². The van der Waals surface area contributed by atoms with E-state index in [9.17, 15) is 9.59 Å². The topological polar surface area (TPSA) is 85.9 Å². The Hall–Kier alpha value is -3.48. The van der Waals surface area contributed by atoms with E-state index in [0.29, 0.717) is 34.8 Å². The van der Waals surface area contributed by atoms with Crippen LogP contribution in [-0.4, -0.2) is 25.4 Å². The summed E-state index contributed by atoms with van der Waals surface area (Å²) in [4.78, 5) is 24.8. The molecule has 144 valence electrons. The second-order valence-electron chi connectivity index (χ2n) is 6.55. The molecule has 2 N–H and O–H groups in total. The van der Waals surface area contributed by atoms with Crippen molar-refractivity contribution in [2.24, 2.45) is 0 Å². The number of ether oxygens (including phenoxy) is 3. The number of hydrogen-bond donors (Lipinski definition) is 2. The van der Waals surface area contributed by atoms with Gasteiger partial charge in [0.15, 0.2) is 11.5 Å². The Bertz CT molecular complexity index is 939. The maximum Gasteiger partial charge on any atom is 0.338 e. The van der Waals surface area contributed by atoms with Crippen LogP contribution in [0.15, 0.2) is 59.8 Å². The molecule has 2 aliphatic heterocycles. The second-order valence-corrected chi connectivity index (χ2v) is 6.55. The van der Waals surface area contributed by atoms with E-state index in [1.54, 1.807) is 25.1 Å². The predicted molar refractivity (Wildman–Crippen MR) is 101 cm³/mol. The van der Waals surface area contributed by atoms with Crippen LogP contribution in [0.3, 0.4) is 0 Å². The van der Waals surface area contributed by atoms with E-state index < -0.39 is 12.0 Å². The van der Waals surface area contributed by atoms with Crippen LogP contribution < -0.4 is 20.1 Å². The molecule has 0 unspecified atom stereocenters. The summed E-state index contributed by atoms with van der Waals surface area (Å²) in [6.07, 6.45) is 0.618. The molecule has 0 radical (unpaired) electrons. The smallest absolute Gasteiger partial charge is 0.338 e. The lowest BCUT2D eigenvalue weighted by Gasteiger charge is -2.28. The minimum absolute atomic E-state index is 0.153. The normalized spacial score (nSPS) is 17.8. The predicted octanol–water partition coefficient (Wildman–Crippen LogP) is 2.83. The quantitative estimate of drug-likeness (QED) is 0.779. The molecule has 2 aromatic carbocycles. The molecular weight excluding hydrogens is 360 g/mol. The van der Waals surface area contributed by atoms with Crippen molar-refractivity contribution in [2.45, 2.75) is 19.4 Å². The molecule has 0 saturated carbocycles. The van der Waals surface area contributed by atoms with Crippen LogP contribution in [0.25, 0.3) is 0 Å². The first-order valence-corrected chi connectivity index (χ1v) is 9.00. The molecule has 28 heavy (non-hydrogen) atoms. The fraction of sp³-hybridized carbons (Fsp3) is 0.238. The summed E-state index contributed by atoms with van der Waals surface area (Å²) in [6.45, 7) is 2.09. The van der Waals surface area contributed by atoms with Gasteiger partial charge in [0.2, 0.25) is 6.79 Å². The summed E-state index contributed by atoms with van der Waals surface area (Å²) in [5.74, 6) is 0.750. The third-order valence-electron chi connectivity index (χ3n) is 4.69. The summed E-state index contributed by atoms with van der Waals surface area (Å²) >= 11 is 0. The van der Waals surface area contributed by atoms with Gasteiger partial charge in [-0.25, -0.2) is 9.59 Å². The summed E-state index contributed by atoms with van der Waals surface area (Å²) in [5, 5.41) is 5.43. The van der Waals surface area contributed by atoms with Gasteiger partial charge in [0.25, 0.3) is 0 Å². The van der Waals surface area contributed by atoms with E-state index in [0.717, 1.165) is 5.56 Å². The maximum absolute atomic E-state index is 12.8. The first-order chi connectivity index (χ1) is 13.6. The molecular formula is C21H20N2O5. The van der Waals surface area contributed by atoms with Crippen molar-refractivity contribution < 1.29 is 23.8 Å². The number of amides is 2. The van der Waals surface area contributed by atoms with Gasteiger partial charge in [-0.05, 0) is 30.2 Å². The summed E-state index contributed by atoms with van der Waals surface area (Å²) in [7, 11) is 0. The van der Waals surface area contributed by atoms with Crippen LogP contribution in [0.2, 0.25) is 0 Å². The number of esters is 1. The molecule has 0 saturated heterocycles. The molecule has 2 heterocycles. The zero-order chi connectivity index (χ0) is 19.5. The first-order valence-electron chi connectivity index (χ1n) is 9.00. The van der Waals surface area contributed by atoms with Gasteiger partial charge in [-0.2, -0.15) is 0 Å². The van der Waals surface area contributed by atoms with Crippen LogP contribution in [0, 0.1) is 0 Å². The molecule has 0 bridgehead atoms. The first kappa shape index (κ1) is 17.9. The van der Waals surface area contributed by atoms with Crippen molar-refractivity contribution in [3.05, 3.63) is 70.9 Å². The average Bonchev–Trinajstić information content (AvgIpc) is 3.16. The minimum atomic E-state index is -0.632. The minimum Gasteiger partial charge on any atom is -0.462 e. The largest absolute Gasteiger partial charge is 0.462 e. The molecule has 7 heteroatoms. The highest BCUT2D eigenvalue weighted by Crippen LogP contribution is 2.37. The second kappa shape index (κ2) is 7.64. The number of rotatable bonds is 5. The number of allylic oxidation sites excluding steroid dienone is 1. The highest BCUT2D eigenvalue weighted by atomic mass is 16.7. The monoisotopic (exact) mass is 380 g/mol. The zero-order valence-electron chi connectivity index (χ0n) is 15.4. The highest BCUT2D eigenvalue weighted by molar-refractivity contribution is 5.95. The number of hydrogen-bond acceptors (Lipinski definition) is 5. The third-order valence-corrected chi connectivity index (χ3v) is 4.69. The maximum atomic E-state index is 12.8. The SMILES string of the molecule is CC1=C(C(=O)OCCc2ccccc2)[C@@H](c2ccc3c(c2)OCO3)NC(=O)N1. The van der Waals surface area contributed by atoms with E-state index in [1.165, 1.54) is 0 Å². The summed E-state index contributed by atoms with van der Waals surface area (Å²) in [6, 6.07) is 14.1. The van der Waals surface area contributed by atoms with Crippen LogP contribution in [0.5, 0.6) is 11.5 Å². The van der Waals surface area contributed by atoms with Gasteiger partial charge >= 0.3 is 12.0 Å². The fourth-order valence-corrected chi connectivity index (χ4v) is 3.29. The number of carbonyl (C=O) groups is 2. The molecule has 2 amide bonds. The van der Waals surface area contributed by atoms with Crippen LogP contribution >= 0.6 is 0 Å². The Morgan fingerprint density at radius 2 is 1.93 bits per heavy atom. The van der Waals surface area contributed by atoms with Crippen molar-refractivity contribution in [3.8, 4) is 11.5 Å². The summed E-state index contributed by atoms with van der Waals surface area (Å²) < 4.78 is 16.2. The van der Waals surface area contributed by atoms with Crippen molar-refractivity contribution >= 4 is 12.0 Å². The Kier molecular flexibility index (Phi) is 4.89. The van der Waals surface area contributed by atoms with Gasteiger partial charge in [-0.15, -0.1) is 0 Å². The molecule has 7 nitrogen and oxygen atoms in total. The van der Waals surface area contributed by atoms with E-state index >= 15 is 0 Å². The van der Waals surface area contributed by atoms with Gasteiger partial charge in [0, 0.05) is 12.1 Å². The molecule has 0 aromatic heterocycles. The van der Waals surface area contributed by atoms with E-state index in [2.05, 4.69) is 10.6 Å².